The molecule has 3 amide bonds. The number of para-hydroxylation sites is 1. The van der Waals surface area contributed by atoms with E-state index < -0.39 is 11.5 Å². The highest BCUT2D eigenvalue weighted by Gasteiger charge is 2.39. The normalized spacial score (nSPS) is 20.7. The van der Waals surface area contributed by atoms with Gasteiger partial charge in [0.25, 0.3) is 0 Å². The summed E-state index contributed by atoms with van der Waals surface area (Å²) in [6.07, 6.45) is 1.49. The summed E-state index contributed by atoms with van der Waals surface area (Å²) < 4.78 is 6.23. The van der Waals surface area contributed by atoms with Gasteiger partial charge in [0.2, 0.25) is 11.8 Å². The number of nitrogens with one attached hydrogen (secondary N) is 1. The Morgan fingerprint density at radius 3 is 2.38 bits per heavy atom. The van der Waals surface area contributed by atoms with Crippen LogP contribution in [0.3, 0.4) is 0 Å². The molecule has 2 saturated heterocycles. The molecule has 3 rings (SSSR count). The molecular weight excluding hydrogens is 438 g/mol. The van der Waals surface area contributed by atoms with E-state index in [-0.39, 0.29) is 23.9 Å². The van der Waals surface area contributed by atoms with Crippen molar-refractivity contribution in [2.45, 2.75) is 51.7 Å². The maximum Gasteiger partial charge on any atom is 0.410 e. The van der Waals surface area contributed by atoms with Gasteiger partial charge in [-0.1, -0.05) is 12.1 Å². The number of halogens is 1. The highest BCUT2D eigenvalue weighted by molar-refractivity contribution is 9.10. The molecule has 158 valence electrons. The molecule has 8 heteroatoms. The quantitative estimate of drug-likeness (QED) is 0.694. The van der Waals surface area contributed by atoms with Gasteiger partial charge < -0.3 is 19.9 Å². The molecule has 0 aliphatic carbocycles. The third-order valence-electron chi connectivity index (χ3n) is 5.16. The molecular formula is C21H28BrN3O4. The number of hydrogen-bond acceptors (Lipinski definition) is 4. The summed E-state index contributed by atoms with van der Waals surface area (Å²) in [5, 5.41) is 3.01. The fraction of sp³-hybridized carbons (Fsp3) is 0.571. The van der Waals surface area contributed by atoms with E-state index in [4.69, 9.17) is 4.74 Å². The van der Waals surface area contributed by atoms with Crippen molar-refractivity contribution in [3.63, 3.8) is 0 Å². The molecule has 1 atom stereocenters. The number of rotatable bonds is 3. The van der Waals surface area contributed by atoms with Crippen molar-refractivity contribution in [1.82, 2.24) is 10.2 Å². The topological polar surface area (TPSA) is 79.0 Å². The molecule has 2 aliphatic rings. The lowest BCUT2D eigenvalue weighted by Crippen LogP contribution is -2.49. The van der Waals surface area contributed by atoms with Gasteiger partial charge in [-0.05, 0) is 68.1 Å². The van der Waals surface area contributed by atoms with E-state index in [1.165, 1.54) is 0 Å². The van der Waals surface area contributed by atoms with Crippen LogP contribution in [0.1, 0.15) is 40.0 Å². The van der Waals surface area contributed by atoms with Crippen molar-refractivity contribution in [1.29, 1.82) is 0 Å². The lowest BCUT2D eigenvalue weighted by atomic mass is 10.0. The van der Waals surface area contributed by atoms with Crippen LogP contribution in [0.4, 0.5) is 10.5 Å². The first kappa shape index (κ1) is 21.6. The maximum absolute atomic E-state index is 12.8. The largest absolute Gasteiger partial charge is 0.444 e. The predicted molar refractivity (Wildman–Crippen MR) is 114 cm³/mol. The Hall–Kier alpha value is -2.09. The highest BCUT2D eigenvalue weighted by atomic mass is 79.9. The van der Waals surface area contributed by atoms with E-state index in [0.717, 1.165) is 10.2 Å². The average Bonchev–Trinajstić information content (AvgIpc) is 3.02. The molecule has 0 aromatic heterocycles. The first-order valence-corrected chi connectivity index (χ1v) is 10.8. The van der Waals surface area contributed by atoms with Crippen LogP contribution in [-0.2, 0) is 14.3 Å². The van der Waals surface area contributed by atoms with Crippen LogP contribution < -0.4 is 10.2 Å². The Balaban J connectivity index is 1.51. The van der Waals surface area contributed by atoms with Crippen LogP contribution in [0, 0.1) is 5.92 Å². The SMILES string of the molecule is CC(C)(C)OC(=O)N1CCC(NC(=O)C2CCN(c3ccccc3Br)C2=O)CC1. The minimum Gasteiger partial charge on any atom is -0.444 e. The van der Waals surface area contributed by atoms with Gasteiger partial charge in [0.05, 0.1) is 5.69 Å². The number of nitrogens with zero attached hydrogens (tertiary/aromatic N) is 2. The van der Waals surface area contributed by atoms with Crippen molar-refractivity contribution in [3.05, 3.63) is 28.7 Å². The molecule has 0 spiro atoms. The molecule has 2 fully saturated rings. The summed E-state index contributed by atoms with van der Waals surface area (Å²) in [5.74, 6) is -1.05. The lowest BCUT2D eigenvalue weighted by Gasteiger charge is -2.34. The Bertz CT molecular complexity index is 784. The average molecular weight is 466 g/mol. The number of carbonyl (C=O) groups excluding carboxylic acids is 3. The van der Waals surface area contributed by atoms with Crippen molar-refractivity contribution in [2.24, 2.45) is 5.92 Å². The monoisotopic (exact) mass is 465 g/mol. The third-order valence-corrected chi connectivity index (χ3v) is 5.83. The standard InChI is InChI=1S/C21H28BrN3O4/c1-21(2,3)29-20(28)24-11-8-14(9-12-24)23-18(26)15-10-13-25(19(15)27)17-7-5-4-6-16(17)22/h4-7,14-15H,8-13H2,1-3H3,(H,23,26). The van der Waals surface area contributed by atoms with Crippen LogP contribution >= 0.6 is 15.9 Å². The molecule has 0 radical (unpaired) electrons. The number of benzene rings is 1. The van der Waals surface area contributed by atoms with Gasteiger partial charge in [-0.15, -0.1) is 0 Å². The van der Waals surface area contributed by atoms with E-state index in [1.807, 2.05) is 45.0 Å². The molecule has 1 unspecified atom stereocenters. The Morgan fingerprint density at radius 1 is 1.10 bits per heavy atom. The molecule has 1 N–H and O–H groups in total. The zero-order valence-electron chi connectivity index (χ0n) is 17.1. The van der Waals surface area contributed by atoms with Gasteiger partial charge in [-0.3, -0.25) is 9.59 Å². The molecule has 2 aliphatic heterocycles. The third kappa shape index (κ3) is 5.29. The van der Waals surface area contributed by atoms with Crippen LogP contribution in [0.2, 0.25) is 0 Å². The van der Waals surface area contributed by atoms with Crippen molar-refractivity contribution in [2.75, 3.05) is 24.5 Å². The van der Waals surface area contributed by atoms with Crippen molar-refractivity contribution in [3.8, 4) is 0 Å². The van der Waals surface area contributed by atoms with E-state index in [9.17, 15) is 14.4 Å². The zero-order valence-corrected chi connectivity index (χ0v) is 18.7. The van der Waals surface area contributed by atoms with E-state index >= 15 is 0 Å². The van der Waals surface area contributed by atoms with Crippen LogP contribution in [-0.4, -0.2) is 54.1 Å². The second-order valence-electron chi connectivity index (χ2n) is 8.53. The maximum atomic E-state index is 12.8. The number of piperidine rings is 1. The number of amides is 3. The smallest absolute Gasteiger partial charge is 0.410 e. The van der Waals surface area contributed by atoms with Gasteiger partial charge in [-0.25, -0.2) is 4.79 Å². The van der Waals surface area contributed by atoms with Crippen molar-refractivity contribution >= 4 is 39.5 Å². The number of carbonyl (C=O) groups is 3. The predicted octanol–water partition coefficient (Wildman–Crippen LogP) is 3.32. The molecule has 0 saturated carbocycles. The first-order valence-electron chi connectivity index (χ1n) is 10.00. The molecule has 7 nitrogen and oxygen atoms in total. The first-order chi connectivity index (χ1) is 13.7. The molecule has 29 heavy (non-hydrogen) atoms. The summed E-state index contributed by atoms with van der Waals surface area (Å²) in [6, 6.07) is 7.48. The molecule has 0 bridgehead atoms. The van der Waals surface area contributed by atoms with E-state index in [0.29, 0.717) is 38.9 Å². The summed E-state index contributed by atoms with van der Waals surface area (Å²) in [6.45, 7) is 7.11. The van der Waals surface area contributed by atoms with Crippen LogP contribution in [0.15, 0.2) is 28.7 Å². The Labute approximate surface area is 179 Å². The zero-order chi connectivity index (χ0) is 21.2. The summed E-state index contributed by atoms with van der Waals surface area (Å²) in [5.41, 5.74) is 0.267. The summed E-state index contributed by atoms with van der Waals surface area (Å²) >= 11 is 3.47. The van der Waals surface area contributed by atoms with Crippen LogP contribution in [0.5, 0.6) is 0 Å². The summed E-state index contributed by atoms with van der Waals surface area (Å²) in [7, 11) is 0. The fourth-order valence-electron chi connectivity index (χ4n) is 3.67. The minimum absolute atomic E-state index is 0.0356. The number of hydrogen-bond donors (Lipinski definition) is 1. The molecule has 1 aromatic carbocycles. The second kappa shape index (κ2) is 8.73. The van der Waals surface area contributed by atoms with Gasteiger partial charge in [0.15, 0.2) is 0 Å². The Kier molecular flexibility index (Phi) is 6.51. The Morgan fingerprint density at radius 2 is 1.76 bits per heavy atom. The minimum atomic E-state index is -0.661. The summed E-state index contributed by atoms with van der Waals surface area (Å²) in [4.78, 5) is 41.0. The van der Waals surface area contributed by atoms with E-state index in [2.05, 4.69) is 21.2 Å². The van der Waals surface area contributed by atoms with Crippen molar-refractivity contribution < 1.29 is 19.1 Å². The van der Waals surface area contributed by atoms with Gasteiger partial charge in [0, 0.05) is 30.1 Å². The second-order valence-corrected chi connectivity index (χ2v) is 9.39. The van der Waals surface area contributed by atoms with Gasteiger partial charge in [-0.2, -0.15) is 0 Å². The lowest BCUT2D eigenvalue weighted by molar-refractivity contribution is -0.132. The van der Waals surface area contributed by atoms with Gasteiger partial charge in [0.1, 0.15) is 11.5 Å². The fourth-order valence-corrected chi connectivity index (χ4v) is 4.17. The van der Waals surface area contributed by atoms with Gasteiger partial charge >= 0.3 is 6.09 Å². The van der Waals surface area contributed by atoms with Crippen LogP contribution in [0.25, 0.3) is 0 Å². The molecule has 2 heterocycles. The number of likely N-dealkylation sites (tertiary alicyclic amines) is 1. The molecule has 1 aromatic rings. The number of ether oxygens (including phenoxy) is 1. The van der Waals surface area contributed by atoms with E-state index in [1.54, 1.807) is 9.80 Å². The highest BCUT2D eigenvalue weighted by Crippen LogP contribution is 2.31. The number of anilines is 1.